The second-order valence-corrected chi connectivity index (χ2v) is 5.68. The van der Waals surface area contributed by atoms with Crippen molar-refractivity contribution in [3.05, 3.63) is 0 Å². The van der Waals surface area contributed by atoms with Gasteiger partial charge in [-0.2, -0.15) is 0 Å². The Kier molecular flexibility index (Phi) is 6.99. The van der Waals surface area contributed by atoms with Crippen molar-refractivity contribution in [3.8, 4) is 0 Å². The third kappa shape index (κ3) is 4.47. The molecule has 116 valence electrons. The highest BCUT2D eigenvalue weighted by molar-refractivity contribution is 5.88. The van der Waals surface area contributed by atoms with E-state index in [4.69, 9.17) is 4.74 Å². The normalized spacial score (nSPS) is 17.4. The van der Waals surface area contributed by atoms with E-state index >= 15 is 0 Å². The van der Waals surface area contributed by atoms with Gasteiger partial charge in [0.1, 0.15) is 6.04 Å². The molecule has 0 aromatic heterocycles. The maximum absolute atomic E-state index is 12.5. The first-order valence-corrected chi connectivity index (χ1v) is 7.68. The topological polar surface area (TPSA) is 58.6 Å². The number of nitrogens with one attached hydrogen (secondary N) is 1. The highest BCUT2D eigenvalue weighted by Crippen LogP contribution is 2.12. The van der Waals surface area contributed by atoms with Crippen LogP contribution in [0.3, 0.4) is 0 Å². The standard InChI is InChI=1S/C15H28N2O3/c1-5-12(6-2)14(18)16-13(11(3)4)15(19)17-7-9-20-10-8-17/h11-13H,5-10H2,1-4H3,(H,16,18)/t13-/m0/s1. The third-order valence-electron chi connectivity index (χ3n) is 3.91. The van der Waals surface area contributed by atoms with Crippen molar-refractivity contribution in [2.75, 3.05) is 26.3 Å². The molecule has 0 aliphatic carbocycles. The van der Waals surface area contributed by atoms with Crippen LogP contribution >= 0.6 is 0 Å². The van der Waals surface area contributed by atoms with Gasteiger partial charge in [0.2, 0.25) is 11.8 Å². The lowest BCUT2D eigenvalue weighted by atomic mass is 9.98. The molecule has 0 aromatic rings. The zero-order valence-electron chi connectivity index (χ0n) is 13.1. The van der Waals surface area contributed by atoms with Crippen molar-refractivity contribution < 1.29 is 14.3 Å². The number of rotatable bonds is 6. The maximum Gasteiger partial charge on any atom is 0.245 e. The summed E-state index contributed by atoms with van der Waals surface area (Å²) >= 11 is 0. The molecule has 1 aliphatic rings. The molecule has 1 N–H and O–H groups in total. The van der Waals surface area contributed by atoms with Crippen molar-refractivity contribution >= 4 is 11.8 Å². The van der Waals surface area contributed by atoms with Crippen LogP contribution in [0.25, 0.3) is 0 Å². The molecule has 0 bridgehead atoms. The lowest BCUT2D eigenvalue weighted by molar-refractivity contribution is -0.142. The second-order valence-electron chi connectivity index (χ2n) is 5.68. The van der Waals surface area contributed by atoms with E-state index in [9.17, 15) is 9.59 Å². The van der Waals surface area contributed by atoms with Crippen LogP contribution in [-0.4, -0.2) is 49.1 Å². The van der Waals surface area contributed by atoms with Gasteiger partial charge < -0.3 is 15.0 Å². The molecule has 20 heavy (non-hydrogen) atoms. The summed E-state index contributed by atoms with van der Waals surface area (Å²) in [7, 11) is 0. The summed E-state index contributed by atoms with van der Waals surface area (Å²) in [6.45, 7) is 10.3. The molecule has 5 heteroatoms. The molecule has 0 unspecified atom stereocenters. The number of carbonyl (C=O) groups excluding carboxylic acids is 2. The molecule has 5 nitrogen and oxygen atoms in total. The highest BCUT2D eigenvalue weighted by atomic mass is 16.5. The zero-order valence-corrected chi connectivity index (χ0v) is 13.1. The van der Waals surface area contributed by atoms with E-state index in [0.29, 0.717) is 26.3 Å². The van der Waals surface area contributed by atoms with E-state index in [0.717, 1.165) is 12.8 Å². The van der Waals surface area contributed by atoms with Crippen LogP contribution in [0.2, 0.25) is 0 Å². The van der Waals surface area contributed by atoms with Crippen LogP contribution in [0.1, 0.15) is 40.5 Å². The van der Waals surface area contributed by atoms with Gasteiger partial charge in [0.15, 0.2) is 0 Å². The van der Waals surface area contributed by atoms with Gasteiger partial charge in [-0.25, -0.2) is 0 Å². The second kappa shape index (κ2) is 8.25. The Morgan fingerprint density at radius 1 is 1.15 bits per heavy atom. The van der Waals surface area contributed by atoms with Crippen molar-refractivity contribution in [1.82, 2.24) is 10.2 Å². The molecule has 0 aromatic carbocycles. The van der Waals surface area contributed by atoms with Gasteiger partial charge in [-0.1, -0.05) is 27.7 Å². The fourth-order valence-corrected chi connectivity index (χ4v) is 2.42. The van der Waals surface area contributed by atoms with E-state index < -0.39 is 6.04 Å². The Morgan fingerprint density at radius 2 is 1.70 bits per heavy atom. The first-order chi connectivity index (χ1) is 9.51. The van der Waals surface area contributed by atoms with E-state index in [1.165, 1.54) is 0 Å². The molecular formula is C15H28N2O3. The van der Waals surface area contributed by atoms with Crippen LogP contribution in [-0.2, 0) is 14.3 Å². The summed E-state index contributed by atoms with van der Waals surface area (Å²) in [4.78, 5) is 26.5. The van der Waals surface area contributed by atoms with Crippen molar-refractivity contribution in [2.24, 2.45) is 11.8 Å². The minimum absolute atomic E-state index is 0.00434. The maximum atomic E-state index is 12.5. The first-order valence-electron chi connectivity index (χ1n) is 7.68. The molecule has 0 radical (unpaired) electrons. The molecule has 1 atom stereocenters. The van der Waals surface area contributed by atoms with Gasteiger partial charge in [-0.05, 0) is 18.8 Å². The minimum Gasteiger partial charge on any atom is -0.378 e. The number of amides is 2. The van der Waals surface area contributed by atoms with Crippen LogP contribution in [0.4, 0.5) is 0 Å². The fraction of sp³-hybridized carbons (Fsp3) is 0.867. The predicted octanol–water partition coefficient (Wildman–Crippen LogP) is 1.42. The summed E-state index contributed by atoms with van der Waals surface area (Å²) < 4.78 is 5.26. The van der Waals surface area contributed by atoms with Gasteiger partial charge >= 0.3 is 0 Å². The van der Waals surface area contributed by atoms with Crippen LogP contribution in [0, 0.1) is 11.8 Å². The van der Waals surface area contributed by atoms with Crippen molar-refractivity contribution in [2.45, 2.75) is 46.6 Å². The van der Waals surface area contributed by atoms with Crippen LogP contribution in [0.15, 0.2) is 0 Å². The van der Waals surface area contributed by atoms with Crippen LogP contribution in [0.5, 0.6) is 0 Å². The largest absolute Gasteiger partial charge is 0.378 e. The van der Waals surface area contributed by atoms with Gasteiger partial charge in [0, 0.05) is 19.0 Å². The smallest absolute Gasteiger partial charge is 0.245 e. The third-order valence-corrected chi connectivity index (χ3v) is 3.91. The Hall–Kier alpha value is -1.10. The molecule has 0 spiro atoms. The Bertz CT molecular complexity index is 321. The first kappa shape index (κ1) is 17.0. The van der Waals surface area contributed by atoms with Crippen molar-refractivity contribution in [1.29, 1.82) is 0 Å². The molecule has 1 aliphatic heterocycles. The SMILES string of the molecule is CCC(CC)C(=O)N[C@H](C(=O)N1CCOCC1)C(C)C. The highest BCUT2D eigenvalue weighted by Gasteiger charge is 2.30. The summed E-state index contributed by atoms with van der Waals surface area (Å²) in [6, 6.07) is -0.429. The number of morpholine rings is 1. The van der Waals surface area contributed by atoms with Gasteiger partial charge in [-0.3, -0.25) is 9.59 Å². The quantitative estimate of drug-likeness (QED) is 0.802. The van der Waals surface area contributed by atoms with Crippen LogP contribution < -0.4 is 5.32 Å². The predicted molar refractivity (Wildman–Crippen MR) is 78.2 cm³/mol. The Labute approximate surface area is 122 Å². The summed E-state index contributed by atoms with van der Waals surface area (Å²) in [5, 5.41) is 2.94. The van der Waals surface area contributed by atoms with Gasteiger partial charge in [0.05, 0.1) is 13.2 Å². The van der Waals surface area contributed by atoms with E-state index in [1.807, 2.05) is 27.7 Å². The molecular weight excluding hydrogens is 256 g/mol. The molecule has 1 fully saturated rings. The lowest BCUT2D eigenvalue weighted by Gasteiger charge is -2.32. The summed E-state index contributed by atoms with van der Waals surface area (Å²) in [5.41, 5.74) is 0. The number of ether oxygens (including phenoxy) is 1. The zero-order chi connectivity index (χ0) is 15.1. The van der Waals surface area contributed by atoms with E-state index in [1.54, 1.807) is 4.90 Å². The Balaban J connectivity index is 2.68. The number of carbonyl (C=O) groups is 2. The molecule has 1 saturated heterocycles. The van der Waals surface area contributed by atoms with E-state index in [-0.39, 0.29) is 23.7 Å². The minimum atomic E-state index is -0.429. The molecule has 0 saturated carbocycles. The average Bonchev–Trinajstić information content (AvgIpc) is 2.46. The molecule has 1 heterocycles. The fourth-order valence-electron chi connectivity index (χ4n) is 2.42. The number of nitrogens with zero attached hydrogens (tertiary/aromatic N) is 1. The van der Waals surface area contributed by atoms with Gasteiger partial charge in [0.25, 0.3) is 0 Å². The number of hydrogen-bond donors (Lipinski definition) is 1. The monoisotopic (exact) mass is 284 g/mol. The lowest BCUT2D eigenvalue weighted by Crippen LogP contribution is -2.54. The van der Waals surface area contributed by atoms with Gasteiger partial charge in [-0.15, -0.1) is 0 Å². The van der Waals surface area contributed by atoms with Crippen molar-refractivity contribution in [3.63, 3.8) is 0 Å². The number of hydrogen-bond acceptors (Lipinski definition) is 3. The van der Waals surface area contributed by atoms with E-state index in [2.05, 4.69) is 5.32 Å². The summed E-state index contributed by atoms with van der Waals surface area (Å²) in [6.07, 6.45) is 1.61. The summed E-state index contributed by atoms with van der Waals surface area (Å²) in [5.74, 6) is 0.0929. The molecule has 2 amide bonds. The Morgan fingerprint density at radius 3 is 2.15 bits per heavy atom. The average molecular weight is 284 g/mol. The molecule has 1 rings (SSSR count).